The van der Waals surface area contributed by atoms with Crippen LogP contribution >= 0.6 is 0 Å². The minimum Gasteiger partial charge on any atom is -0.481 e. The first-order valence-corrected chi connectivity index (χ1v) is 15.7. The van der Waals surface area contributed by atoms with Crippen LogP contribution < -0.4 is 11.1 Å². The van der Waals surface area contributed by atoms with Gasteiger partial charge in [0.1, 0.15) is 29.6 Å². The SMILES string of the molecule is CC(C)(C)OC(=O)N[C@@H](CCCCC/C=C\[C@@H]1C[C@@H]1C(=O)O)C(=O)N1C[C@H](OC(=O)N2CC3C=CC=C(F)C3C2)C[C@H]1C(N)=O. The van der Waals surface area contributed by atoms with Crippen LogP contribution in [0.2, 0.25) is 0 Å². The van der Waals surface area contributed by atoms with Crippen LogP contribution in [0.25, 0.3) is 0 Å². The van der Waals surface area contributed by atoms with Crippen molar-refractivity contribution < 1.29 is 42.9 Å². The molecule has 4 rings (SSSR count). The smallest absolute Gasteiger partial charge is 0.410 e. The molecular formula is C32H45FN4O8. The number of hydrogen-bond acceptors (Lipinski definition) is 7. The van der Waals surface area contributed by atoms with E-state index >= 15 is 0 Å². The van der Waals surface area contributed by atoms with Gasteiger partial charge in [-0.3, -0.25) is 14.4 Å². The van der Waals surface area contributed by atoms with Gasteiger partial charge in [0.25, 0.3) is 0 Å². The number of amides is 4. The molecule has 0 aromatic carbocycles. The van der Waals surface area contributed by atoms with Crippen LogP contribution in [-0.2, 0) is 23.9 Å². The third-order valence-electron chi connectivity index (χ3n) is 8.63. The highest BCUT2D eigenvalue weighted by Crippen LogP contribution is 2.40. The monoisotopic (exact) mass is 632 g/mol. The Labute approximate surface area is 262 Å². The number of primary amides is 1. The molecular weight excluding hydrogens is 587 g/mol. The van der Waals surface area contributed by atoms with Crippen molar-refractivity contribution >= 4 is 30.0 Å². The number of carbonyl (C=O) groups is 5. The number of unbranched alkanes of at least 4 members (excludes halogenated alkanes) is 3. The van der Waals surface area contributed by atoms with Gasteiger partial charge in [-0.25, -0.2) is 14.0 Å². The minimum atomic E-state index is -1.04. The molecule has 2 unspecified atom stereocenters. The van der Waals surface area contributed by atoms with Crippen molar-refractivity contribution in [3.05, 3.63) is 36.2 Å². The number of carboxylic acid groups (broad SMARTS) is 1. The summed E-state index contributed by atoms with van der Waals surface area (Å²) < 4.78 is 25.3. The number of likely N-dealkylation sites (tertiary alicyclic amines) is 2. The maximum Gasteiger partial charge on any atom is 0.410 e. The normalized spacial score (nSPS) is 28.0. The lowest BCUT2D eigenvalue weighted by Gasteiger charge is -2.28. The van der Waals surface area contributed by atoms with Gasteiger partial charge in [-0.2, -0.15) is 0 Å². The van der Waals surface area contributed by atoms with Crippen LogP contribution in [0.15, 0.2) is 36.2 Å². The summed E-state index contributed by atoms with van der Waals surface area (Å²) in [6, 6.07) is -2.04. The summed E-state index contributed by atoms with van der Waals surface area (Å²) in [7, 11) is 0. The van der Waals surface area contributed by atoms with Gasteiger partial charge in [0.2, 0.25) is 11.8 Å². The second-order valence-electron chi connectivity index (χ2n) is 13.4. The summed E-state index contributed by atoms with van der Waals surface area (Å²) in [5, 5.41) is 11.7. The highest BCUT2D eigenvalue weighted by molar-refractivity contribution is 5.91. The lowest BCUT2D eigenvalue weighted by Crippen LogP contribution is -2.53. The van der Waals surface area contributed by atoms with Crippen molar-refractivity contribution in [1.82, 2.24) is 15.1 Å². The van der Waals surface area contributed by atoms with Crippen LogP contribution in [0.3, 0.4) is 0 Å². The number of nitrogens with one attached hydrogen (secondary N) is 1. The third kappa shape index (κ3) is 9.30. The zero-order valence-corrected chi connectivity index (χ0v) is 26.2. The first-order chi connectivity index (χ1) is 21.2. The fourth-order valence-corrected chi connectivity index (χ4v) is 6.17. The van der Waals surface area contributed by atoms with Gasteiger partial charge in [0.05, 0.1) is 12.5 Å². The van der Waals surface area contributed by atoms with E-state index in [1.54, 1.807) is 26.8 Å². The Morgan fingerprint density at radius 2 is 1.89 bits per heavy atom. The van der Waals surface area contributed by atoms with Gasteiger partial charge >= 0.3 is 18.2 Å². The number of alkyl carbamates (subject to hydrolysis) is 1. The van der Waals surface area contributed by atoms with E-state index in [0.29, 0.717) is 19.4 Å². The van der Waals surface area contributed by atoms with Gasteiger partial charge in [-0.1, -0.05) is 37.1 Å². The summed E-state index contributed by atoms with van der Waals surface area (Å²) in [5.74, 6) is -3.07. The van der Waals surface area contributed by atoms with E-state index in [0.717, 1.165) is 19.3 Å². The molecule has 0 radical (unpaired) electrons. The number of hydrogen-bond donors (Lipinski definition) is 3. The molecule has 12 nitrogen and oxygen atoms in total. The van der Waals surface area contributed by atoms with Gasteiger partial charge in [-0.05, 0) is 58.4 Å². The molecule has 2 saturated heterocycles. The first kappa shape index (κ1) is 34.0. The number of carbonyl (C=O) groups excluding carboxylic acids is 4. The number of fused-ring (bicyclic) bond motifs is 1. The molecule has 2 heterocycles. The van der Waals surface area contributed by atoms with Gasteiger partial charge in [0, 0.05) is 31.3 Å². The molecule has 1 saturated carbocycles. The Morgan fingerprint density at radius 1 is 1.13 bits per heavy atom. The van der Waals surface area contributed by atoms with Crippen LogP contribution in [0.4, 0.5) is 14.0 Å². The van der Waals surface area contributed by atoms with Crippen molar-refractivity contribution in [1.29, 1.82) is 0 Å². The van der Waals surface area contributed by atoms with Crippen LogP contribution in [0.5, 0.6) is 0 Å². The quantitative estimate of drug-likeness (QED) is 0.216. The minimum absolute atomic E-state index is 0.0108. The van der Waals surface area contributed by atoms with E-state index in [2.05, 4.69) is 5.32 Å². The van der Waals surface area contributed by atoms with E-state index in [1.807, 2.05) is 18.2 Å². The average molecular weight is 633 g/mol. The van der Waals surface area contributed by atoms with Crippen molar-refractivity contribution in [3.8, 4) is 0 Å². The first-order valence-electron chi connectivity index (χ1n) is 15.7. The van der Waals surface area contributed by atoms with Crippen molar-refractivity contribution in [2.24, 2.45) is 29.4 Å². The van der Waals surface area contributed by atoms with Crippen molar-refractivity contribution in [3.63, 3.8) is 0 Å². The summed E-state index contributed by atoms with van der Waals surface area (Å²) >= 11 is 0. The summed E-state index contributed by atoms with van der Waals surface area (Å²) in [6.45, 7) is 5.51. The van der Waals surface area contributed by atoms with Gasteiger partial charge in [-0.15, -0.1) is 0 Å². The predicted molar refractivity (Wildman–Crippen MR) is 161 cm³/mol. The molecule has 4 aliphatic rings. The number of halogens is 1. The summed E-state index contributed by atoms with van der Waals surface area (Å²) in [6.07, 6.45) is 10.5. The Kier molecular flexibility index (Phi) is 10.9. The fraction of sp³-hybridized carbons (Fsp3) is 0.656. The third-order valence-corrected chi connectivity index (χ3v) is 8.63. The van der Waals surface area contributed by atoms with E-state index < -0.39 is 59.7 Å². The second-order valence-corrected chi connectivity index (χ2v) is 13.4. The molecule has 2 aliphatic heterocycles. The Morgan fingerprint density at radius 3 is 2.53 bits per heavy atom. The van der Waals surface area contributed by atoms with Crippen LogP contribution in [0.1, 0.15) is 65.7 Å². The number of carboxylic acids is 1. The molecule has 4 amide bonds. The standard InChI is InChI=1S/C32H45FN4O8/c1-32(2,3)45-30(42)35-25(13-8-6-4-5-7-10-19-14-22(19)29(40)41)28(39)37-17-21(15-26(37)27(34)38)44-31(43)36-16-20-11-9-12-24(33)23(20)18-36/h7,9-12,19-23,25-26H,4-6,8,13-18H2,1-3H3,(H2,34,38)(H,35,42)(H,40,41)/b10-7-/t19-,20?,21-,22+,23?,25+,26+/m1/s1. The highest BCUT2D eigenvalue weighted by Gasteiger charge is 2.45. The van der Waals surface area contributed by atoms with Crippen LogP contribution in [-0.4, -0.2) is 88.3 Å². The molecule has 2 aliphatic carbocycles. The molecule has 248 valence electrons. The zero-order chi connectivity index (χ0) is 32.9. The number of allylic oxidation sites excluding steroid dienone is 4. The number of nitrogens with zero attached hydrogens (tertiary/aromatic N) is 2. The summed E-state index contributed by atoms with van der Waals surface area (Å²) in [5.41, 5.74) is 4.85. The second kappa shape index (κ2) is 14.5. The van der Waals surface area contributed by atoms with Gasteiger partial charge < -0.3 is 35.4 Å². The Hall–Kier alpha value is -3.90. The molecule has 0 aromatic heterocycles. The maximum absolute atomic E-state index is 14.2. The average Bonchev–Trinajstić information content (AvgIpc) is 3.38. The molecule has 7 atom stereocenters. The number of rotatable bonds is 12. The molecule has 45 heavy (non-hydrogen) atoms. The Balaban J connectivity index is 1.33. The van der Waals surface area contributed by atoms with Gasteiger partial charge in [0.15, 0.2) is 0 Å². The number of nitrogens with two attached hydrogens (primary N) is 1. The van der Waals surface area contributed by atoms with E-state index in [1.165, 1.54) is 15.9 Å². The van der Waals surface area contributed by atoms with Crippen LogP contribution in [0, 0.1) is 23.7 Å². The topological polar surface area (TPSA) is 169 Å². The number of ether oxygens (including phenoxy) is 2. The molecule has 13 heteroatoms. The summed E-state index contributed by atoms with van der Waals surface area (Å²) in [4.78, 5) is 65.4. The Bertz CT molecular complexity index is 1240. The fourth-order valence-electron chi connectivity index (χ4n) is 6.17. The van der Waals surface area contributed by atoms with E-state index in [4.69, 9.17) is 20.3 Å². The molecule has 3 fully saturated rings. The van der Waals surface area contributed by atoms with E-state index in [9.17, 15) is 28.4 Å². The molecule has 0 spiro atoms. The maximum atomic E-state index is 14.2. The molecule has 4 N–H and O–H groups in total. The molecule has 0 aromatic rings. The van der Waals surface area contributed by atoms with Crippen molar-refractivity contribution in [2.75, 3.05) is 19.6 Å². The lowest BCUT2D eigenvalue weighted by atomic mass is 9.91. The molecule has 0 bridgehead atoms. The lowest BCUT2D eigenvalue weighted by molar-refractivity contribution is -0.139. The van der Waals surface area contributed by atoms with Crippen molar-refractivity contribution in [2.45, 2.75) is 89.5 Å². The highest BCUT2D eigenvalue weighted by atomic mass is 19.1. The predicted octanol–water partition coefficient (Wildman–Crippen LogP) is 3.67. The zero-order valence-electron chi connectivity index (χ0n) is 26.2. The largest absolute Gasteiger partial charge is 0.481 e. The number of aliphatic carboxylic acids is 1. The van der Waals surface area contributed by atoms with E-state index in [-0.39, 0.29) is 49.5 Å².